The van der Waals surface area contributed by atoms with Gasteiger partial charge in [-0.05, 0) is 50.6 Å². The Kier molecular flexibility index (Phi) is 6.80. The van der Waals surface area contributed by atoms with Crippen molar-refractivity contribution in [2.75, 3.05) is 43.0 Å². The van der Waals surface area contributed by atoms with E-state index in [4.69, 9.17) is 16.3 Å². The zero-order valence-electron chi connectivity index (χ0n) is 18.3. The molecule has 1 aliphatic rings. The Balaban J connectivity index is 1.45. The SMILES string of the molecule is CCOc1cc(N2CCCN(C(=O)Nc3cccc(Cl)c3)CC2)ccc1-n1cnc(C)n1. The number of hydrogen-bond acceptors (Lipinski definition) is 5. The lowest BCUT2D eigenvalue weighted by Gasteiger charge is -2.25. The van der Waals surface area contributed by atoms with E-state index in [-0.39, 0.29) is 6.03 Å². The summed E-state index contributed by atoms with van der Waals surface area (Å²) in [7, 11) is 0. The zero-order valence-corrected chi connectivity index (χ0v) is 19.0. The van der Waals surface area contributed by atoms with Gasteiger partial charge in [0.05, 0.1) is 6.61 Å². The molecule has 0 spiro atoms. The predicted molar refractivity (Wildman–Crippen MR) is 126 cm³/mol. The van der Waals surface area contributed by atoms with Crippen molar-refractivity contribution in [3.8, 4) is 11.4 Å². The van der Waals surface area contributed by atoms with E-state index in [2.05, 4.69) is 26.4 Å². The topological polar surface area (TPSA) is 75.5 Å². The Morgan fingerprint density at radius 3 is 2.78 bits per heavy atom. The number of anilines is 2. The molecule has 1 aliphatic heterocycles. The number of benzene rings is 2. The first-order valence-electron chi connectivity index (χ1n) is 10.8. The van der Waals surface area contributed by atoms with Gasteiger partial charge in [0, 0.05) is 48.6 Å². The van der Waals surface area contributed by atoms with Crippen molar-refractivity contribution in [1.29, 1.82) is 0 Å². The van der Waals surface area contributed by atoms with E-state index < -0.39 is 0 Å². The molecular weight excluding hydrogens is 428 g/mol. The summed E-state index contributed by atoms with van der Waals surface area (Å²) in [4.78, 5) is 21.1. The highest BCUT2D eigenvalue weighted by Gasteiger charge is 2.20. The van der Waals surface area contributed by atoms with Crippen LogP contribution in [0.5, 0.6) is 5.75 Å². The highest BCUT2D eigenvalue weighted by molar-refractivity contribution is 6.30. The van der Waals surface area contributed by atoms with Gasteiger partial charge >= 0.3 is 6.03 Å². The molecule has 4 rings (SSSR count). The normalized spacial score (nSPS) is 14.2. The summed E-state index contributed by atoms with van der Waals surface area (Å²) in [5, 5.41) is 7.94. The third-order valence-corrected chi connectivity index (χ3v) is 5.56. The summed E-state index contributed by atoms with van der Waals surface area (Å²) in [6, 6.07) is 13.2. The number of amides is 2. The van der Waals surface area contributed by atoms with Crippen LogP contribution < -0.4 is 15.0 Å². The first-order valence-corrected chi connectivity index (χ1v) is 11.1. The maximum atomic E-state index is 12.7. The Morgan fingerprint density at radius 2 is 2.03 bits per heavy atom. The Bertz CT molecular complexity index is 1090. The van der Waals surface area contributed by atoms with E-state index in [9.17, 15) is 4.79 Å². The van der Waals surface area contributed by atoms with Gasteiger partial charge in [-0.25, -0.2) is 14.5 Å². The summed E-state index contributed by atoms with van der Waals surface area (Å²) in [6.45, 7) is 7.28. The Hall–Kier alpha value is -3.26. The van der Waals surface area contributed by atoms with Gasteiger partial charge in [0.2, 0.25) is 0 Å². The summed E-state index contributed by atoms with van der Waals surface area (Å²) in [5.41, 5.74) is 2.61. The van der Waals surface area contributed by atoms with Gasteiger partial charge in [0.1, 0.15) is 23.6 Å². The molecule has 1 fully saturated rings. The van der Waals surface area contributed by atoms with Crippen molar-refractivity contribution in [2.24, 2.45) is 0 Å². The molecule has 0 aliphatic carbocycles. The molecule has 2 amide bonds. The average molecular weight is 455 g/mol. The number of nitrogens with zero attached hydrogens (tertiary/aromatic N) is 5. The molecule has 0 unspecified atom stereocenters. The lowest BCUT2D eigenvalue weighted by Crippen LogP contribution is -2.38. The molecule has 8 nitrogen and oxygen atoms in total. The van der Waals surface area contributed by atoms with Crippen LogP contribution in [0.1, 0.15) is 19.2 Å². The number of rotatable bonds is 5. The van der Waals surface area contributed by atoms with Crippen LogP contribution in [-0.2, 0) is 0 Å². The molecular formula is C23H27ClN6O2. The quantitative estimate of drug-likeness (QED) is 0.619. The predicted octanol–water partition coefficient (Wildman–Crippen LogP) is 4.37. The van der Waals surface area contributed by atoms with Crippen molar-refractivity contribution in [3.63, 3.8) is 0 Å². The van der Waals surface area contributed by atoms with Crippen LogP contribution in [0.25, 0.3) is 5.69 Å². The number of hydrogen-bond donors (Lipinski definition) is 1. The molecule has 3 aromatic rings. The van der Waals surface area contributed by atoms with E-state index in [1.807, 2.05) is 43.0 Å². The number of urea groups is 1. The van der Waals surface area contributed by atoms with Crippen molar-refractivity contribution in [3.05, 3.63) is 59.6 Å². The molecule has 1 N–H and O–H groups in total. The van der Waals surface area contributed by atoms with Gasteiger partial charge in [-0.3, -0.25) is 0 Å². The third-order valence-electron chi connectivity index (χ3n) is 5.32. The van der Waals surface area contributed by atoms with Crippen LogP contribution in [0.15, 0.2) is 48.8 Å². The number of carbonyl (C=O) groups excluding carboxylic acids is 1. The van der Waals surface area contributed by atoms with Crippen molar-refractivity contribution >= 4 is 29.0 Å². The number of nitrogens with one attached hydrogen (secondary N) is 1. The minimum Gasteiger partial charge on any atom is -0.492 e. The summed E-state index contributed by atoms with van der Waals surface area (Å²) in [5.74, 6) is 1.47. The van der Waals surface area contributed by atoms with Crippen LogP contribution in [0.3, 0.4) is 0 Å². The maximum absolute atomic E-state index is 12.7. The van der Waals surface area contributed by atoms with Crippen LogP contribution in [-0.4, -0.2) is 58.5 Å². The second-order valence-electron chi connectivity index (χ2n) is 7.59. The second-order valence-corrected chi connectivity index (χ2v) is 8.03. The van der Waals surface area contributed by atoms with Gasteiger partial charge in [-0.1, -0.05) is 17.7 Å². The smallest absolute Gasteiger partial charge is 0.321 e. The number of aromatic nitrogens is 3. The van der Waals surface area contributed by atoms with Crippen molar-refractivity contribution in [2.45, 2.75) is 20.3 Å². The van der Waals surface area contributed by atoms with Gasteiger partial charge in [0.15, 0.2) is 0 Å². The highest BCUT2D eigenvalue weighted by Crippen LogP contribution is 2.29. The fraction of sp³-hybridized carbons (Fsp3) is 0.348. The van der Waals surface area contributed by atoms with E-state index in [0.717, 1.165) is 36.6 Å². The zero-order chi connectivity index (χ0) is 22.5. The van der Waals surface area contributed by atoms with Crippen LogP contribution in [0, 0.1) is 6.92 Å². The molecule has 1 saturated heterocycles. The number of halogens is 1. The number of ether oxygens (including phenoxy) is 1. The standard InChI is InChI=1S/C23H27ClN6O2/c1-3-32-22-15-20(8-9-21(22)30-16-25-17(2)27-30)28-10-5-11-29(13-12-28)23(31)26-19-7-4-6-18(24)14-19/h4,6-9,14-16H,3,5,10-13H2,1-2H3,(H,26,31). The fourth-order valence-corrected chi connectivity index (χ4v) is 3.96. The Morgan fingerprint density at radius 1 is 1.16 bits per heavy atom. The molecule has 0 bridgehead atoms. The fourth-order valence-electron chi connectivity index (χ4n) is 3.77. The van der Waals surface area contributed by atoms with Crippen LogP contribution in [0.4, 0.5) is 16.2 Å². The van der Waals surface area contributed by atoms with E-state index in [1.165, 1.54) is 0 Å². The molecule has 32 heavy (non-hydrogen) atoms. The molecule has 0 atom stereocenters. The van der Waals surface area contributed by atoms with Gasteiger partial charge in [-0.15, -0.1) is 0 Å². The third kappa shape index (κ3) is 5.13. The monoisotopic (exact) mass is 454 g/mol. The highest BCUT2D eigenvalue weighted by atomic mass is 35.5. The van der Waals surface area contributed by atoms with Gasteiger partial charge in [-0.2, -0.15) is 5.10 Å². The van der Waals surface area contributed by atoms with E-state index >= 15 is 0 Å². The van der Waals surface area contributed by atoms with Crippen LogP contribution in [0.2, 0.25) is 5.02 Å². The first-order chi connectivity index (χ1) is 15.5. The minimum atomic E-state index is -0.110. The Labute approximate surface area is 192 Å². The summed E-state index contributed by atoms with van der Waals surface area (Å²) >= 11 is 6.02. The van der Waals surface area contributed by atoms with Gasteiger partial charge < -0.3 is 19.9 Å². The van der Waals surface area contributed by atoms with Gasteiger partial charge in [0.25, 0.3) is 0 Å². The lowest BCUT2D eigenvalue weighted by molar-refractivity contribution is 0.215. The molecule has 1 aromatic heterocycles. The van der Waals surface area contributed by atoms with Crippen molar-refractivity contribution < 1.29 is 9.53 Å². The summed E-state index contributed by atoms with van der Waals surface area (Å²) in [6.07, 6.45) is 2.56. The molecule has 0 saturated carbocycles. The van der Waals surface area contributed by atoms with Crippen molar-refractivity contribution in [1.82, 2.24) is 19.7 Å². The minimum absolute atomic E-state index is 0.110. The number of aryl methyl sites for hydroxylation is 1. The number of carbonyl (C=O) groups is 1. The van der Waals surface area contributed by atoms with E-state index in [0.29, 0.717) is 36.2 Å². The van der Waals surface area contributed by atoms with Crippen LogP contribution >= 0.6 is 11.6 Å². The summed E-state index contributed by atoms with van der Waals surface area (Å²) < 4.78 is 7.63. The molecule has 168 valence electrons. The molecule has 2 heterocycles. The second kappa shape index (κ2) is 9.91. The first kappa shape index (κ1) is 22.0. The molecule has 9 heteroatoms. The lowest BCUT2D eigenvalue weighted by atomic mass is 10.2. The molecule has 2 aromatic carbocycles. The average Bonchev–Trinajstić information content (AvgIpc) is 3.05. The maximum Gasteiger partial charge on any atom is 0.321 e. The molecule has 0 radical (unpaired) electrons. The van der Waals surface area contributed by atoms with E-state index in [1.54, 1.807) is 23.1 Å². The largest absolute Gasteiger partial charge is 0.492 e.